The van der Waals surface area contributed by atoms with Crippen LogP contribution >= 0.6 is 0 Å². The van der Waals surface area contributed by atoms with Gasteiger partial charge in [-0.3, -0.25) is 9.59 Å². The van der Waals surface area contributed by atoms with Crippen molar-refractivity contribution in [2.24, 2.45) is 0 Å². The summed E-state index contributed by atoms with van der Waals surface area (Å²) in [6.07, 6.45) is 4.08. The summed E-state index contributed by atoms with van der Waals surface area (Å²) in [4.78, 5) is 47.4. The van der Waals surface area contributed by atoms with Gasteiger partial charge in [-0.05, 0) is 31.4 Å². The molecule has 0 spiro atoms. The number of aldehydes is 2. The Morgan fingerprint density at radius 3 is 2.85 bits per heavy atom. The lowest BCUT2D eigenvalue weighted by molar-refractivity contribution is -0.121. The molecule has 1 N–H and O–H groups in total. The standard InChI is InChI=1S/C19H24N2O5/c1-20-18(24)9-8-14(13-23)21-12-16-15(19(21)25)6-5-7-17(16)26-11-4-2-3-10-22/h5-7,10,13-14H,2-4,8-9,11-12H2,1H3,(H,20,24). The summed E-state index contributed by atoms with van der Waals surface area (Å²) in [7, 11) is 1.54. The number of carbonyl (C=O) groups excluding carboxylic acids is 4. The van der Waals surface area contributed by atoms with Crippen LogP contribution in [0.1, 0.15) is 48.0 Å². The lowest BCUT2D eigenvalue weighted by atomic mass is 10.1. The zero-order valence-corrected chi connectivity index (χ0v) is 14.9. The summed E-state index contributed by atoms with van der Waals surface area (Å²) in [5.41, 5.74) is 1.29. The molecule has 26 heavy (non-hydrogen) atoms. The van der Waals surface area contributed by atoms with Crippen molar-refractivity contribution in [2.45, 2.75) is 44.7 Å². The Balaban J connectivity index is 2.04. The van der Waals surface area contributed by atoms with Crippen LogP contribution in [0.3, 0.4) is 0 Å². The Kier molecular flexibility index (Phi) is 7.32. The number of rotatable bonds is 11. The smallest absolute Gasteiger partial charge is 0.255 e. The van der Waals surface area contributed by atoms with Gasteiger partial charge in [-0.1, -0.05) is 6.07 Å². The number of fused-ring (bicyclic) bond motifs is 1. The summed E-state index contributed by atoms with van der Waals surface area (Å²) in [5, 5.41) is 2.51. The van der Waals surface area contributed by atoms with Crippen molar-refractivity contribution in [1.29, 1.82) is 0 Å². The van der Waals surface area contributed by atoms with E-state index in [1.54, 1.807) is 18.2 Å². The van der Waals surface area contributed by atoms with Gasteiger partial charge in [0.2, 0.25) is 5.91 Å². The van der Waals surface area contributed by atoms with Gasteiger partial charge in [0.15, 0.2) is 0 Å². The number of nitrogens with one attached hydrogen (secondary N) is 1. The van der Waals surface area contributed by atoms with Crippen LogP contribution in [0.5, 0.6) is 5.75 Å². The Hall–Kier alpha value is -2.70. The highest BCUT2D eigenvalue weighted by atomic mass is 16.5. The van der Waals surface area contributed by atoms with Crippen LogP contribution in [0.25, 0.3) is 0 Å². The molecule has 1 heterocycles. The highest BCUT2D eigenvalue weighted by Crippen LogP contribution is 2.32. The first-order chi connectivity index (χ1) is 12.6. The SMILES string of the molecule is CNC(=O)CCC(C=O)N1Cc2c(OCCCCC=O)cccc2C1=O. The summed E-state index contributed by atoms with van der Waals surface area (Å²) in [5.74, 6) is 0.237. The summed E-state index contributed by atoms with van der Waals surface area (Å²) >= 11 is 0. The zero-order valence-electron chi connectivity index (χ0n) is 14.9. The second kappa shape index (κ2) is 9.70. The van der Waals surface area contributed by atoms with Crippen LogP contribution in [0.15, 0.2) is 18.2 Å². The number of amides is 2. The lowest BCUT2D eigenvalue weighted by Crippen LogP contribution is -2.37. The van der Waals surface area contributed by atoms with Crippen LogP contribution in [0.4, 0.5) is 0 Å². The molecule has 2 amide bonds. The van der Waals surface area contributed by atoms with Crippen molar-refractivity contribution in [3.05, 3.63) is 29.3 Å². The third-order valence-corrected chi connectivity index (χ3v) is 4.43. The van der Waals surface area contributed by atoms with E-state index < -0.39 is 6.04 Å². The molecular weight excluding hydrogens is 336 g/mol. The van der Waals surface area contributed by atoms with Crippen LogP contribution in [0.2, 0.25) is 0 Å². The third-order valence-electron chi connectivity index (χ3n) is 4.43. The topological polar surface area (TPSA) is 92.8 Å². The fourth-order valence-corrected chi connectivity index (χ4v) is 2.94. The van der Waals surface area contributed by atoms with Gasteiger partial charge in [0.1, 0.15) is 18.3 Å². The van der Waals surface area contributed by atoms with E-state index >= 15 is 0 Å². The maximum absolute atomic E-state index is 12.7. The van der Waals surface area contributed by atoms with Gasteiger partial charge in [0, 0.05) is 31.0 Å². The second-order valence-corrected chi connectivity index (χ2v) is 6.14. The summed E-state index contributed by atoms with van der Waals surface area (Å²) in [6.45, 7) is 0.752. The first-order valence-corrected chi connectivity index (χ1v) is 8.77. The molecular formula is C19H24N2O5. The Bertz CT molecular complexity index is 674. The number of carbonyl (C=O) groups is 4. The molecule has 1 aliphatic heterocycles. The van der Waals surface area contributed by atoms with Crippen LogP contribution in [-0.4, -0.2) is 49.0 Å². The van der Waals surface area contributed by atoms with Gasteiger partial charge in [0.25, 0.3) is 5.91 Å². The van der Waals surface area contributed by atoms with E-state index in [1.165, 1.54) is 11.9 Å². The normalized spacial score (nSPS) is 13.9. The maximum atomic E-state index is 12.7. The van der Waals surface area contributed by atoms with E-state index in [2.05, 4.69) is 5.32 Å². The summed E-state index contributed by atoms with van der Waals surface area (Å²) in [6, 6.07) is 4.63. The van der Waals surface area contributed by atoms with Gasteiger partial charge < -0.3 is 24.5 Å². The van der Waals surface area contributed by atoms with Crippen LogP contribution in [-0.2, 0) is 20.9 Å². The molecule has 140 valence electrons. The number of hydrogen-bond acceptors (Lipinski definition) is 5. The van der Waals surface area contributed by atoms with Gasteiger partial charge in [-0.25, -0.2) is 0 Å². The van der Waals surface area contributed by atoms with Crippen molar-refractivity contribution in [1.82, 2.24) is 10.2 Å². The molecule has 1 unspecified atom stereocenters. The molecule has 0 saturated heterocycles. The minimum Gasteiger partial charge on any atom is -0.493 e. The van der Waals surface area contributed by atoms with E-state index in [9.17, 15) is 19.2 Å². The van der Waals surface area contributed by atoms with E-state index in [0.29, 0.717) is 30.6 Å². The molecule has 7 nitrogen and oxygen atoms in total. The molecule has 1 aliphatic rings. The number of hydrogen-bond donors (Lipinski definition) is 1. The number of nitrogens with zero attached hydrogens (tertiary/aromatic N) is 1. The number of benzene rings is 1. The first kappa shape index (κ1) is 19.6. The molecule has 2 rings (SSSR count). The van der Waals surface area contributed by atoms with Crippen molar-refractivity contribution < 1.29 is 23.9 Å². The Morgan fingerprint density at radius 2 is 2.15 bits per heavy atom. The fourth-order valence-electron chi connectivity index (χ4n) is 2.94. The van der Waals surface area contributed by atoms with Crippen LogP contribution < -0.4 is 10.1 Å². The average molecular weight is 360 g/mol. The van der Waals surface area contributed by atoms with Gasteiger partial charge in [-0.15, -0.1) is 0 Å². The molecule has 1 atom stereocenters. The predicted molar refractivity (Wildman–Crippen MR) is 94.9 cm³/mol. The molecule has 0 saturated carbocycles. The maximum Gasteiger partial charge on any atom is 0.255 e. The van der Waals surface area contributed by atoms with Crippen molar-refractivity contribution >= 4 is 24.4 Å². The largest absolute Gasteiger partial charge is 0.493 e. The molecule has 1 aromatic rings. The molecule has 0 radical (unpaired) electrons. The molecule has 7 heteroatoms. The number of unbranched alkanes of at least 4 members (excludes halogenated alkanes) is 2. The molecule has 1 aromatic carbocycles. The highest BCUT2D eigenvalue weighted by molar-refractivity contribution is 6.00. The minimum absolute atomic E-state index is 0.166. The minimum atomic E-state index is -0.646. The first-order valence-electron chi connectivity index (χ1n) is 8.77. The molecule has 0 fully saturated rings. The molecule has 0 bridgehead atoms. The van der Waals surface area contributed by atoms with Gasteiger partial charge in [0.05, 0.1) is 19.2 Å². The lowest BCUT2D eigenvalue weighted by Gasteiger charge is -2.22. The van der Waals surface area contributed by atoms with E-state index in [0.717, 1.165) is 24.7 Å². The van der Waals surface area contributed by atoms with Crippen molar-refractivity contribution in [3.63, 3.8) is 0 Å². The quantitative estimate of drug-likeness (QED) is 0.477. The van der Waals surface area contributed by atoms with Gasteiger partial charge >= 0.3 is 0 Å². The Morgan fingerprint density at radius 1 is 1.35 bits per heavy atom. The van der Waals surface area contributed by atoms with Crippen LogP contribution in [0, 0.1) is 0 Å². The van der Waals surface area contributed by atoms with Crippen molar-refractivity contribution in [2.75, 3.05) is 13.7 Å². The highest BCUT2D eigenvalue weighted by Gasteiger charge is 2.34. The zero-order chi connectivity index (χ0) is 18.9. The average Bonchev–Trinajstić information content (AvgIpc) is 2.99. The van der Waals surface area contributed by atoms with E-state index in [1.807, 2.05) is 0 Å². The third kappa shape index (κ3) is 4.68. The van der Waals surface area contributed by atoms with E-state index in [-0.39, 0.29) is 31.2 Å². The number of ether oxygens (including phenoxy) is 1. The molecule has 0 aliphatic carbocycles. The molecule has 0 aromatic heterocycles. The fraction of sp³-hybridized carbons (Fsp3) is 0.474. The van der Waals surface area contributed by atoms with E-state index in [4.69, 9.17) is 4.74 Å². The monoisotopic (exact) mass is 360 g/mol. The summed E-state index contributed by atoms with van der Waals surface area (Å²) < 4.78 is 5.77. The van der Waals surface area contributed by atoms with Gasteiger partial charge in [-0.2, -0.15) is 0 Å². The Labute approximate surface area is 152 Å². The second-order valence-electron chi connectivity index (χ2n) is 6.14. The predicted octanol–water partition coefficient (Wildman–Crippen LogP) is 1.48. The van der Waals surface area contributed by atoms with Crippen molar-refractivity contribution in [3.8, 4) is 5.75 Å².